The highest BCUT2D eigenvalue weighted by molar-refractivity contribution is 7.98. The van der Waals surface area contributed by atoms with Crippen molar-refractivity contribution in [3.8, 4) is 0 Å². The molecule has 0 aromatic carbocycles. The Morgan fingerprint density at radius 3 is 2.73 bits per heavy atom. The molecule has 1 aromatic heterocycles. The van der Waals surface area contributed by atoms with E-state index in [9.17, 15) is 14.4 Å². The van der Waals surface area contributed by atoms with Crippen molar-refractivity contribution in [1.29, 1.82) is 0 Å². The lowest BCUT2D eigenvalue weighted by atomic mass is 10.2. The maximum atomic E-state index is 11.6. The van der Waals surface area contributed by atoms with Crippen LogP contribution in [0, 0.1) is 0 Å². The predicted octanol–water partition coefficient (Wildman–Crippen LogP) is 0.102. The maximum Gasteiger partial charge on any atom is 0.328 e. The van der Waals surface area contributed by atoms with Gasteiger partial charge >= 0.3 is 5.69 Å². The van der Waals surface area contributed by atoms with E-state index in [0.29, 0.717) is 12.3 Å². The number of nitrogens with zero attached hydrogens (tertiary/aromatic N) is 1. The molecule has 0 aliphatic carbocycles. The molecule has 1 N–H and O–H groups in total. The lowest BCUT2D eigenvalue weighted by Crippen LogP contribution is -2.38. The Bertz CT molecular complexity index is 475. The van der Waals surface area contributed by atoms with Crippen LogP contribution >= 0.6 is 11.8 Å². The number of H-pyrrole nitrogens is 1. The van der Waals surface area contributed by atoms with Gasteiger partial charge in [0.05, 0.1) is 5.56 Å². The molecule has 0 unspecified atom stereocenters. The van der Waals surface area contributed by atoms with E-state index >= 15 is 0 Å². The molecule has 1 heterocycles. The summed E-state index contributed by atoms with van der Waals surface area (Å²) in [6, 6.07) is 0. The first-order valence-corrected chi connectivity index (χ1v) is 5.79. The summed E-state index contributed by atoms with van der Waals surface area (Å²) in [5.74, 6) is 0.318. The highest BCUT2D eigenvalue weighted by Gasteiger charge is 2.09. The summed E-state index contributed by atoms with van der Waals surface area (Å²) in [5, 5.41) is 0. The molecule has 0 spiro atoms. The normalized spacial score (nSPS) is 10.3. The van der Waals surface area contributed by atoms with Crippen LogP contribution in [0.2, 0.25) is 0 Å². The molecule has 0 saturated carbocycles. The summed E-state index contributed by atoms with van der Waals surface area (Å²) in [6.45, 7) is 1.62. The Morgan fingerprint density at radius 1 is 1.53 bits per heavy atom. The molecular formula is C9H12N2O3S. The van der Waals surface area contributed by atoms with E-state index in [0.717, 1.165) is 4.57 Å². The molecule has 1 aromatic rings. The van der Waals surface area contributed by atoms with Gasteiger partial charge in [-0.05, 0) is 13.2 Å². The average Bonchev–Trinajstić information content (AvgIpc) is 2.17. The van der Waals surface area contributed by atoms with Crippen molar-refractivity contribution >= 4 is 17.5 Å². The first kappa shape index (κ1) is 11.8. The van der Waals surface area contributed by atoms with Crippen molar-refractivity contribution in [3.63, 3.8) is 0 Å². The molecule has 0 aliphatic heterocycles. The van der Waals surface area contributed by atoms with E-state index in [1.807, 2.05) is 6.26 Å². The predicted molar refractivity (Wildman–Crippen MR) is 59.7 cm³/mol. The Hall–Kier alpha value is -1.30. The summed E-state index contributed by atoms with van der Waals surface area (Å²) < 4.78 is 1.05. The number of carbonyl (C=O) groups is 1. The van der Waals surface area contributed by atoms with Gasteiger partial charge in [0, 0.05) is 18.5 Å². The van der Waals surface area contributed by atoms with Gasteiger partial charge in [0.1, 0.15) is 0 Å². The number of nitrogens with one attached hydrogen (secondary N) is 1. The molecule has 0 radical (unpaired) electrons. The first-order valence-electron chi connectivity index (χ1n) is 4.40. The fourth-order valence-corrected chi connectivity index (χ4v) is 1.51. The topological polar surface area (TPSA) is 71.9 Å². The molecule has 6 heteroatoms. The first-order chi connectivity index (χ1) is 7.07. The Labute approximate surface area is 90.5 Å². The number of rotatable bonds is 4. The zero-order valence-corrected chi connectivity index (χ0v) is 9.39. The summed E-state index contributed by atoms with van der Waals surface area (Å²) >= 11 is 1.53. The summed E-state index contributed by atoms with van der Waals surface area (Å²) in [7, 11) is 0. The van der Waals surface area contributed by atoms with E-state index < -0.39 is 11.2 Å². The molecule has 5 nitrogen and oxygen atoms in total. The lowest BCUT2D eigenvalue weighted by molar-refractivity contribution is 0.101. The van der Waals surface area contributed by atoms with Crippen molar-refractivity contribution in [2.24, 2.45) is 0 Å². The van der Waals surface area contributed by atoms with Crippen LogP contribution in [0.5, 0.6) is 0 Å². The van der Waals surface area contributed by atoms with Gasteiger partial charge in [0.2, 0.25) is 0 Å². The molecule has 0 aliphatic rings. The lowest BCUT2D eigenvalue weighted by Gasteiger charge is -2.03. The molecule has 0 bridgehead atoms. The maximum absolute atomic E-state index is 11.6. The highest BCUT2D eigenvalue weighted by Crippen LogP contribution is 1.92. The van der Waals surface area contributed by atoms with Crippen LogP contribution < -0.4 is 11.2 Å². The molecule has 0 fully saturated rings. The quantitative estimate of drug-likeness (QED) is 0.742. The van der Waals surface area contributed by atoms with E-state index in [1.165, 1.54) is 24.9 Å². The molecule has 82 valence electrons. The molecule has 15 heavy (non-hydrogen) atoms. The third kappa shape index (κ3) is 2.59. The Kier molecular flexibility index (Phi) is 3.90. The highest BCUT2D eigenvalue weighted by atomic mass is 32.2. The number of carbonyl (C=O) groups excluding carboxylic acids is 1. The molecule has 0 saturated heterocycles. The number of Topliss-reactive ketones (excluding diaryl/α,β-unsaturated/α-hetero) is 1. The number of hydrogen-bond donors (Lipinski definition) is 1. The third-order valence-electron chi connectivity index (χ3n) is 1.96. The number of ketones is 1. The van der Waals surface area contributed by atoms with Gasteiger partial charge in [0.25, 0.3) is 5.56 Å². The average molecular weight is 228 g/mol. The second-order valence-corrected chi connectivity index (χ2v) is 4.00. The van der Waals surface area contributed by atoms with Gasteiger partial charge in [-0.1, -0.05) is 0 Å². The van der Waals surface area contributed by atoms with Gasteiger partial charge < -0.3 is 4.98 Å². The minimum absolute atomic E-state index is 0.0238. The molecule has 1 rings (SSSR count). The van der Waals surface area contributed by atoms with Gasteiger partial charge in [0.15, 0.2) is 5.78 Å². The largest absolute Gasteiger partial charge is 0.328 e. The smallest absolute Gasteiger partial charge is 0.313 e. The van der Waals surface area contributed by atoms with Crippen molar-refractivity contribution in [2.45, 2.75) is 13.5 Å². The zero-order valence-electron chi connectivity index (χ0n) is 8.57. The summed E-state index contributed by atoms with van der Waals surface area (Å²) in [4.78, 5) is 36.4. The van der Waals surface area contributed by atoms with Crippen molar-refractivity contribution < 1.29 is 4.79 Å². The standard InChI is InChI=1S/C9H12N2O3S/c1-6(12)7-5-10-9(14)11(8(7)13)3-4-15-2/h5H,3-4H2,1-2H3,(H,10,14). The van der Waals surface area contributed by atoms with Crippen LogP contribution in [0.3, 0.4) is 0 Å². The van der Waals surface area contributed by atoms with Crippen LogP contribution in [-0.2, 0) is 6.54 Å². The van der Waals surface area contributed by atoms with Crippen LogP contribution in [0.4, 0.5) is 0 Å². The van der Waals surface area contributed by atoms with Gasteiger partial charge in [-0.15, -0.1) is 0 Å². The third-order valence-corrected chi connectivity index (χ3v) is 2.55. The number of thioether (sulfide) groups is 1. The van der Waals surface area contributed by atoms with Crippen LogP contribution in [0.15, 0.2) is 15.8 Å². The van der Waals surface area contributed by atoms with Crippen molar-refractivity contribution in [1.82, 2.24) is 9.55 Å². The van der Waals surface area contributed by atoms with Crippen LogP contribution in [0.1, 0.15) is 17.3 Å². The van der Waals surface area contributed by atoms with Crippen molar-refractivity contribution in [2.75, 3.05) is 12.0 Å². The van der Waals surface area contributed by atoms with E-state index in [2.05, 4.69) is 4.98 Å². The van der Waals surface area contributed by atoms with Crippen LogP contribution in [-0.4, -0.2) is 27.3 Å². The van der Waals surface area contributed by atoms with Gasteiger partial charge in [-0.25, -0.2) is 4.79 Å². The Morgan fingerprint density at radius 2 is 2.20 bits per heavy atom. The minimum Gasteiger partial charge on any atom is -0.313 e. The molecule has 0 amide bonds. The SMILES string of the molecule is CSCCn1c(=O)[nH]cc(C(C)=O)c1=O. The molecular weight excluding hydrogens is 216 g/mol. The van der Waals surface area contributed by atoms with Gasteiger partial charge in [-0.3, -0.25) is 14.2 Å². The zero-order chi connectivity index (χ0) is 11.4. The summed E-state index contributed by atoms with van der Waals surface area (Å²) in [6.07, 6.45) is 3.05. The van der Waals surface area contributed by atoms with Gasteiger partial charge in [-0.2, -0.15) is 11.8 Å². The van der Waals surface area contributed by atoms with Crippen LogP contribution in [0.25, 0.3) is 0 Å². The number of hydrogen-bond acceptors (Lipinski definition) is 4. The molecule has 0 atom stereocenters. The van der Waals surface area contributed by atoms with E-state index in [-0.39, 0.29) is 11.3 Å². The second kappa shape index (κ2) is 4.97. The second-order valence-electron chi connectivity index (χ2n) is 3.01. The Balaban J connectivity index is 3.25. The monoisotopic (exact) mass is 228 g/mol. The fourth-order valence-electron chi connectivity index (χ4n) is 1.15. The van der Waals surface area contributed by atoms with Crippen molar-refractivity contribution in [3.05, 3.63) is 32.6 Å². The van der Waals surface area contributed by atoms with E-state index in [4.69, 9.17) is 0 Å². The number of aromatic amines is 1. The minimum atomic E-state index is -0.514. The van der Waals surface area contributed by atoms with E-state index in [1.54, 1.807) is 0 Å². The summed E-state index contributed by atoms with van der Waals surface area (Å²) in [5.41, 5.74) is -0.963. The number of aromatic nitrogens is 2. The fraction of sp³-hybridized carbons (Fsp3) is 0.444.